The van der Waals surface area contributed by atoms with E-state index in [0.717, 1.165) is 5.56 Å². The van der Waals surface area contributed by atoms with Gasteiger partial charge < -0.3 is 25.7 Å². The first-order chi connectivity index (χ1) is 17.7. The van der Waals surface area contributed by atoms with Crippen LogP contribution in [0.2, 0.25) is 5.02 Å². The van der Waals surface area contributed by atoms with Crippen LogP contribution in [0, 0.1) is 11.3 Å². The number of nitrogens with zero attached hydrogens (tertiary/aromatic N) is 1. The molecule has 1 aliphatic rings. The van der Waals surface area contributed by atoms with E-state index in [1.807, 2.05) is 27.7 Å². The van der Waals surface area contributed by atoms with E-state index in [0.29, 0.717) is 18.0 Å². The van der Waals surface area contributed by atoms with Gasteiger partial charge in [0.05, 0.1) is 5.60 Å². The number of halogens is 1. The van der Waals surface area contributed by atoms with Gasteiger partial charge >= 0.3 is 5.97 Å². The van der Waals surface area contributed by atoms with E-state index in [-0.39, 0.29) is 29.5 Å². The highest BCUT2D eigenvalue weighted by atomic mass is 35.5. The Morgan fingerprint density at radius 2 is 1.63 bits per heavy atom. The second-order valence-corrected chi connectivity index (χ2v) is 11.0. The zero-order valence-electron chi connectivity index (χ0n) is 22.0. The molecule has 2 aromatic carbocycles. The molecule has 0 saturated carbocycles. The Morgan fingerprint density at radius 1 is 1.03 bits per heavy atom. The Hall–Kier alpha value is -3.43. The van der Waals surface area contributed by atoms with Crippen molar-refractivity contribution in [2.24, 2.45) is 11.3 Å². The third-order valence-electron chi connectivity index (χ3n) is 7.09. The maximum atomic E-state index is 13.6. The molecule has 3 rings (SSSR count). The van der Waals surface area contributed by atoms with Crippen molar-refractivity contribution in [3.63, 3.8) is 0 Å². The fourth-order valence-electron chi connectivity index (χ4n) is 4.77. The number of amides is 3. The summed E-state index contributed by atoms with van der Waals surface area (Å²) in [7, 11) is 0. The van der Waals surface area contributed by atoms with Crippen LogP contribution in [-0.2, 0) is 15.2 Å². The summed E-state index contributed by atoms with van der Waals surface area (Å²) in [6, 6.07) is 12.1. The maximum Gasteiger partial charge on any atom is 0.322 e. The molecule has 9 nitrogen and oxygen atoms in total. The van der Waals surface area contributed by atoms with Crippen LogP contribution in [0.1, 0.15) is 60.4 Å². The number of piperidine rings is 1. The molecular formula is C28H34ClN3O6. The van der Waals surface area contributed by atoms with Gasteiger partial charge in [0.25, 0.3) is 11.8 Å². The summed E-state index contributed by atoms with van der Waals surface area (Å²) in [6.45, 7) is 7.52. The first-order valence-corrected chi connectivity index (χ1v) is 12.8. The molecule has 2 atom stereocenters. The number of nitrogens with one attached hydrogen (secondary N) is 2. The van der Waals surface area contributed by atoms with Gasteiger partial charge in [0, 0.05) is 34.7 Å². The minimum absolute atomic E-state index is 0.130. The van der Waals surface area contributed by atoms with Crippen molar-refractivity contribution >= 4 is 35.3 Å². The number of aliphatic hydroxyl groups is 1. The van der Waals surface area contributed by atoms with E-state index in [1.165, 1.54) is 24.3 Å². The third kappa shape index (κ3) is 6.34. The van der Waals surface area contributed by atoms with E-state index in [2.05, 4.69) is 10.6 Å². The van der Waals surface area contributed by atoms with Gasteiger partial charge in [0.15, 0.2) is 0 Å². The van der Waals surface area contributed by atoms with Crippen molar-refractivity contribution in [3.05, 3.63) is 70.2 Å². The van der Waals surface area contributed by atoms with Gasteiger partial charge in [-0.05, 0) is 48.2 Å². The van der Waals surface area contributed by atoms with Gasteiger partial charge in [-0.25, -0.2) is 0 Å². The van der Waals surface area contributed by atoms with Crippen molar-refractivity contribution in [2.75, 3.05) is 19.6 Å². The molecule has 38 heavy (non-hydrogen) atoms. The van der Waals surface area contributed by atoms with Crippen LogP contribution in [0.5, 0.6) is 0 Å². The number of carboxylic acid groups (broad SMARTS) is 1. The van der Waals surface area contributed by atoms with E-state index in [9.17, 15) is 24.3 Å². The lowest BCUT2D eigenvalue weighted by atomic mass is 9.66. The fourth-order valence-corrected chi connectivity index (χ4v) is 4.89. The molecule has 0 radical (unpaired) electrons. The Labute approximate surface area is 227 Å². The highest BCUT2D eigenvalue weighted by Gasteiger charge is 2.50. The number of carbonyl (C=O) groups excluding carboxylic acids is 3. The number of rotatable bonds is 8. The molecule has 204 valence electrons. The molecule has 10 heteroatoms. The van der Waals surface area contributed by atoms with Crippen LogP contribution in [0.25, 0.3) is 0 Å². The van der Waals surface area contributed by atoms with Gasteiger partial charge in [-0.15, -0.1) is 0 Å². The van der Waals surface area contributed by atoms with E-state index in [4.69, 9.17) is 16.7 Å². The molecule has 1 heterocycles. The van der Waals surface area contributed by atoms with Crippen molar-refractivity contribution in [3.8, 4) is 0 Å². The van der Waals surface area contributed by atoms with Crippen LogP contribution in [0.15, 0.2) is 48.5 Å². The minimum Gasteiger partial charge on any atom is -0.480 e. The van der Waals surface area contributed by atoms with Crippen LogP contribution in [-0.4, -0.2) is 64.5 Å². The average Bonchev–Trinajstić information content (AvgIpc) is 2.87. The smallest absolute Gasteiger partial charge is 0.322 e. The van der Waals surface area contributed by atoms with Gasteiger partial charge in [0.2, 0.25) is 5.91 Å². The predicted octanol–water partition coefficient (Wildman–Crippen LogP) is 3.06. The van der Waals surface area contributed by atoms with Crippen LogP contribution in [0.4, 0.5) is 0 Å². The second-order valence-electron chi connectivity index (χ2n) is 10.6. The summed E-state index contributed by atoms with van der Waals surface area (Å²) in [6.07, 6.45) is 0.319. The SMILES string of the molecule is CC(C)C(NC(=O)c1cccc(C(=O)NCC(=O)O)c1)C(=O)N1CCC(O)(c2ccc(Cl)cc2)C(C)(C)C1. The standard InChI is InChI=1S/C28H34ClN3O6/c1-17(2)23(31-25(36)19-7-5-6-18(14-19)24(35)30-15-22(33)34)26(37)32-13-12-28(38,27(3,4)16-32)20-8-10-21(29)11-9-20/h5-11,14,17,23,38H,12-13,15-16H2,1-4H3,(H,30,35)(H,31,36)(H,33,34). The Bertz CT molecular complexity index is 1210. The number of carbonyl (C=O) groups is 4. The molecule has 1 aliphatic heterocycles. The van der Waals surface area contributed by atoms with Crippen LogP contribution in [0.3, 0.4) is 0 Å². The number of hydrogen-bond donors (Lipinski definition) is 4. The monoisotopic (exact) mass is 543 g/mol. The van der Waals surface area contributed by atoms with Gasteiger partial charge in [-0.2, -0.15) is 0 Å². The normalized spacial score (nSPS) is 19.5. The van der Waals surface area contributed by atoms with Crippen molar-refractivity contribution in [1.29, 1.82) is 0 Å². The molecule has 3 amide bonds. The van der Waals surface area contributed by atoms with E-state index < -0.39 is 41.4 Å². The second kappa shape index (κ2) is 11.5. The molecule has 0 aromatic heterocycles. The minimum atomic E-state index is -1.18. The van der Waals surface area contributed by atoms with Crippen LogP contribution >= 0.6 is 11.6 Å². The summed E-state index contributed by atoms with van der Waals surface area (Å²) in [4.78, 5) is 51.3. The lowest BCUT2D eigenvalue weighted by Crippen LogP contribution is -2.60. The highest BCUT2D eigenvalue weighted by molar-refractivity contribution is 6.30. The number of likely N-dealkylation sites (tertiary alicyclic amines) is 1. The van der Waals surface area contributed by atoms with Gasteiger partial charge in [-0.1, -0.05) is 57.5 Å². The quantitative estimate of drug-likeness (QED) is 0.404. The molecule has 1 fully saturated rings. The highest BCUT2D eigenvalue weighted by Crippen LogP contribution is 2.46. The number of carboxylic acids is 1. The third-order valence-corrected chi connectivity index (χ3v) is 7.34. The van der Waals surface area contributed by atoms with Gasteiger partial charge in [0.1, 0.15) is 12.6 Å². The fraction of sp³-hybridized carbons (Fsp3) is 0.429. The molecule has 1 saturated heterocycles. The average molecular weight is 544 g/mol. The topological polar surface area (TPSA) is 136 Å². The van der Waals surface area contributed by atoms with Crippen LogP contribution < -0.4 is 10.6 Å². The molecule has 0 spiro atoms. The lowest BCUT2D eigenvalue weighted by Gasteiger charge is -2.51. The Balaban J connectivity index is 1.74. The zero-order chi connectivity index (χ0) is 28.3. The van der Waals surface area contributed by atoms with E-state index >= 15 is 0 Å². The summed E-state index contributed by atoms with van der Waals surface area (Å²) >= 11 is 6.02. The first-order valence-electron chi connectivity index (χ1n) is 12.4. The summed E-state index contributed by atoms with van der Waals surface area (Å²) in [5.41, 5.74) is -0.807. The van der Waals surface area contributed by atoms with Crippen molar-refractivity contribution in [2.45, 2.75) is 45.8 Å². The molecular weight excluding hydrogens is 510 g/mol. The number of aliphatic carboxylic acids is 1. The first kappa shape index (κ1) is 29.1. The van der Waals surface area contributed by atoms with E-state index in [1.54, 1.807) is 29.2 Å². The molecule has 0 aliphatic carbocycles. The Kier molecular flexibility index (Phi) is 8.84. The predicted molar refractivity (Wildman–Crippen MR) is 143 cm³/mol. The van der Waals surface area contributed by atoms with Gasteiger partial charge in [-0.3, -0.25) is 19.2 Å². The number of hydrogen-bond acceptors (Lipinski definition) is 5. The molecule has 2 unspecified atom stereocenters. The summed E-state index contributed by atoms with van der Waals surface area (Å²) in [5.74, 6) is -2.82. The largest absolute Gasteiger partial charge is 0.480 e. The molecule has 0 bridgehead atoms. The lowest BCUT2D eigenvalue weighted by molar-refractivity contribution is -0.155. The summed E-state index contributed by atoms with van der Waals surface area (Å²) < 4.78 is 0. The van der Waals surface area contributed by atoms with Crippen molar-refractivity contribution < 1.29 is 29.4 Å². The molecule has 4 N–H and O–H groups in total. The maximum absolute atomic E-state index is 13.6. The summed E-state index contributed by atoms with van der Waals surface area (Å²) in [5, 5.41) is 26.0. The molecule has 2 aromatic rings. The number of benzene rings is 2. The zero-order valence-corrected chi connectivity index (χ0v) is 22.7. The van der Waals surface area contributed by atoms with Crippen molar-refractivity contribution in [1.82, 2.24) is 15.5 Å². The Morgan fingerprint density at radius 3 is 2.18 bits per heavy atom.